The van der Waals surface area contributed by atoms with E-state index in [-0.39, 0.29) is 5.78 Å². The minimum Gasteiger partial charge on any atom is -0.380 e. The zero-order valence-electron chi connectivity index (χ0n) is 22.8. The lowest BCUT2D eigenvalue weighted by Gasteiger charge is -2.24. The number of ether oxygens (including phenoxy) is 1. The Morgan fingerprint density at radius 3 is 3.00 bits per heavy atom. The number of aryl methyl sites for hydroxylation is 3. The maximum absolute atomic E-state index is 12.5. The second-order valence-corrected chi connectivity index (χ2v) is 9.88. The van der Waals surface area contributed by atoms with Gasteiger partial charge in [0.15, 0.2) is 5.78 Å². The number of rotatable bonds is 15. The van der Waals surface area contributed by atoms with Crippen LogP contribution in [0.15, 0.2) is 24.7 Å². The van der Waals surface area contributed by atoms with Gasteiger partial charge < -0.3 is 20.2 Å². The molecule has 3 aromatic rings. The van der Waals surface area contributed by atoms with Gasteiger partial charge >= 0.3 is 0 Å². The molecule has 1 atom stereocenters. The van der Waals surface area contributed by atoms with Gasteiger partial charge in [-0.05, 0) is 64.1 Å². The molecular formula is C27H41N8O3+. The first kappa shape index (κ1) is 27.7. The van der Waals surface area contributed by atoms with Crippen molar-refractivity contribution < 1.29 is 19.5 Å². The molecule has 0 spiro atoms. The largest absolute Gasteiger partial charge is 0.380 e. The number of hydrogen-bond donors (Lipinski definition) is 3. The summed E-state index contributed by atoms with van der Waals surface area (Å²) in [5.74, 6) is 1.48. The van der Waals surface area contributed by atoms with Gasteiger partial charge in [-0.1, -0.05) is 15.8 Å². The zero-order chi connectivity index (χ0) is 26.9. The fourth-order valence-electron chi connectivity index (χ4n) is 4.86. The number of aromatic nitrogens is 5. The molecule has 4 heterocycles. The number of nitrogens with one attached hydrogen (secondary N) is 2. The van der Waals surface area contributed by atoms with Gasteiger partial charge in [0, 0.05) is 45.4 Å². The number of fused-ring (bicyclic) bond motifs is 2. The van der Waals surface area contributed by atoms with E-state index in [1.807, 2.05) is 6.92 Å². The van der Waals surface area contributed by atoms with Gasteiger partial charge in [-0.25, -0.2) is 9.67 Å². The summed E-state index contributed by atoms with van der Waals surface area (Å²) in [6, 6.07) is 3.92. The molecule has 11 nitrogen and oxygen atoms in total. The third kappa shape index (κ3) is 7.16. The van der Waals surface area contributed by atoms with Crippen molar-refractivity contribution >= 4 is 28.5 Å². The number of hydrogen-bond acceptors (Lipinski definition) is 9. The number of ketones is 1. The van der Waals surface area contributed by atoms with Crippen LogP contribution in [0, 0.1) is 0 Å². The highest BCUT2D eigenvalue weighted by Gasteiger charge is 2.25. The van der Waals surface area contributed by atoms with Crippen molar-refractivity contribution in [3.05, 3.63) is 35.9 Å². The average Bonchev–Trinajstić information content (AvgIpc) is 3.29. The lowest BCUT2D eigenvalue weighted by atomic mass is 10.1. The van der Waals surface area contributed by atoms with Crippen LogP contribution < -0.4 is 15.4 Å². The van der Waals surface area contributed by atoms with Crippen LogP contribution in [0.25, 0.3) is 11.0 Å². The summed E-state index contributed by atoms with van der Waals surface area (Å²) in [4.78, 5) is 23.9. The number of nitrogens with zero attached hydrogens (tertiary/aromatic N) is 6. The predicted molar refractivity (Wildman–Crippen MR) is 146 cm³/mol. The second kappa shape index (κ2) is 13.5. The van der Waals surface area contributed by atoms with Crippen LogP contribution in [-0.2, 0) is 29.4 Å². The van der Waals surface area contributed by atoms with Gasteiger partial charge in [0.1, 0.15) is 17.2 Å². The summed E-state index contributed by atoms with van der Waals surface area (Å²) in [5, 5.41) is 21.9. The predicted octanol–water partition coefficient (Wildman–Crippen LogP) is 2.37. The normalized spacial score (nSPS) is 13.9. The molecule has 1 aliphatic rings. The number of Topliss-reactive ketones (excluding diaryl/α,β-unsaturated/α-hetero) is 1. The Bertz CT molecular complexity index is 1210. The van der Waals surface area contributed by atoms with E-state index in [0.717, 1.165) is 68.1 Å². The molecule has 0 aromatic carbocycles. The van der Waals surface area contributed by atoms with E-state index in [9.17, 15) is 10.0 Å². The summed E-state index contributed by atoms with van der Waals surface area (Å²) in [5.41, 5.74) is 3.08. The number of unbranched alkanes of at least 4 members (excludes halogenated alkanes) is 1. The van der Waals surface area contributed by atoms with Crippen LogP contribution >= 0.6 is 0 Å². The van der Waals surface area contributed by atoms with Crippen LogP contribution in [0.2, 0.25) is 0 Å². The summed E-state index contributed by atoms with van der Waals surface area (Å²) < 4.78 is 8.16. The van der Waals surface area contributed by atoms with E-state index < -0.39 is 6.04 Å². The summed E-state index contributed by atoms with van der Waals surface area (Å²) >= 11 is 0. The first-order chi connectivity index (χ1) is 18.5. The molecule has 1 aliphatic heterocycles. The molecule has 0 amide bonds. The Balaban J connectivity index is 1.32. The summed E-state index contributed by atoms with van der Waals surface area (Å²) in [6.45, 7) is 8.38. The molecule has 0 fully saturated rings. The molecule has 0 saturated carbocycles. The first-order valence-electron chi connectivity index (χ1n) is 13.7. The molecule has 0 aliphatic carbocycles. The van der Waals surface area contributed by atoms with Gasteiger partial charge in [-0.15, -0.1) is 0 Å². The molecule has 0 radical (unpaired) electrons. The minimum absolute atomic E-state index is 0.00991. The Morgan fingerprint density at radius 1 is 1.32 bits per heavy atom. The van der Waals surface area contributed by atoms with Crippen molar-refractivity contribution in [3.8, 4) is 0 Å². The molecule has 3 N–H and O–H groups in total. The molecule has 3 aromatic heterocycles. The van der Waals surface area contributed by atoms with Gasteiger partial charge in [-0.2, -0.15) is 5.10 Å². The van der Waals surface area contributed by atoms with Crippen LogP contribution in [0.4, 0.5) is 11.6 Å². The van der Waals surface area contributed by atoms with Crippen LogP contribution in [-0.4, -0.2) is 81.1 Å². The summed E-state index contributed by atoms with van der Waals surface area (Å²) in [6.07, 6.45) is 8.85. The maximum atomic E-state index is 12.5. The van der Waals surface area contributed by atoms with Crippen molar-refractivity contribution in [1.82, 2.24) is 24.6 Å². The third-order valence-corrected chi connectivity index (χ3v) is 7.08. The van der Waals surface area contributed by atoms with Gasteiger partial charge in [-0.3, -0.25) is 10.1 Å². The Morgan fingerprint density at radius 2 is 2.18 bits per heavy atom. The van der Waals surface area contributed by atoms with Crippen LogP contribution in [0.1, 0.15) is 50.8 Å². The Hall–Kier alpha value is -3.31. The maximum Gasteiger partial charge on any atom is 0.274 e. The smallest absolute Gasteiger partial charge is 0.274 e. The topological polar surface area (TPSA) is 121 Å². The van der Waals surface area contributed by atoms with E-state index in [1.54, 1.807) is 24.9 Å². The van der Waals surface area contributed by atoms with Crippen molar-refractivity contribution in [1.29, 1.82) is 0 Å². The lowest BCUT2D eigenvalue weighted by molar-refractivity contribution is -0.894. The standard InChI is InChI=1S/C27H40N8O3/c1-4-38-17-16-34(14-6-5-9-22-11-10-21-8-7-13-28-25(21)31-22)15-12-24(20(2)36)32-27-23-18-30-33(3)26(23)29-19-35(27)37/h10-11,18-19,24,37H,4-9,12-17H2,1-3H3,(H,28,31)/p+1/t24-/m0/s1. The van der Waals surface area contributed by atoms with Crippen LogP contribution in [0.5, 0.6) is 0 Å². The van der Waals surface area contributed by atoms with Crippen molar-refractivity contribution in [2.45, 2.75) is 58.4 Å². The van der Waals surface area contributed by atoms with E-state index in [4.69, 9.17) is 9.72 Å². The Kier molecular flexibility index (Phi) is 9.83. The lowest BCUT2D eigenvalue weighted by Crippen LogP contribution is -2.41. The minimum atomic E-state index is -0.457. The van der Waals surface area contributed by atoms with Gasteiger partial charge in [0.25, 0.3) is 12.1 Å². The molecular weight excluding hydrogens is 484 g/mol. The average molecular weight is 526 g/mol. The van der Waals surface area contributed by atoms with Crippen molar-refractivity contribution in [3.63, 3.8) is 0 Å². The van der Waals surface area contributed by atoms with Crippen LogP contribution in [0.3, 0.4) is 0 Å². The second-order valence-electron chi connectivity index (χ2n) is 9.88. The first-order valence-corrected chi connectivity index (χ1v) is 13.7. The monoisotopic (exact) mass is 525 g/mol. The third-order valence-electron chi connectivity index (χ3n) is 7.08. The van der Waals surface area contributed by atoms with Gasteiger partial charge in [0.2, 0.25) is 5.65 Å². The summed E-state index contributed by atoms with van der Waals surface area (Å²) in [7, 11) is 1.79. The SMILES string of the molecule is CCOCCN(CCCCc1ccc2c(n1)NCCC2)CC[C@H](Nc1c2cnn(C)c2nc[n+]1O)C(C)=O. The molecule has 0 unspecified atom stereocenters. The highest BCUT2D eigenvalue weighted by molar-refractivity contribution is 5.89. The number of carbonyl (C=O) groups is 1. The van der Waals surface area contributed by atoms with E-state index in [1.165, 1.54) is 18.3 Å². The van der Waals surface area contributed by atoms with Crippen molar-refractivity contribution in [2.24, 2.45) is 7.05 Å². The van der Waals surface area contributed by atoms with E-state index in [2.05, 4.69) is 37.7 Å². The molecule has 4 rings (SSSR count). The molecule has 38 heavy (non-hydrogen) atoms. The number of anilines is 2. The van der Waals surface area contributed by atoms with Crippen molar-refractivity contribution in [2.75, 3.05) is 50.0 Å². The number of pyridine rings is 1. The number of carbonyl (C=O) groups excluding carboxylic acids is 1. The Labute approximate surface area is 224 Å². The molecule has 206 valence electrons. The highest BCUT2D eigenvalue weighted by Crippen LogP contribution is 2.21. The molecule has 0 bridgehead atoms. The molecule has 0 saturated heterocycles. The molecule has 11 heteroatoms. The fraction of sp³-hybridized carbons (Fsp3) is 0.593. The fourth-order valence-corrected chi connectivity index (χ4v) is 4.86. The quantitative estimate of drug-likeness (QED) is 0.156. The van der Waals surface area contributed by atoms with E-state index in [0.29, 0.717) is 36.5 Å². The van der Waals surface area contributed by atoms with Gasteiger partial charge in [0.05, 0.1) is 12.8 Å². The van der Waals surface area contributed by atoms with E-state index >= 15 is 0 Å². The zero-order valence-corrected chi connectivity index (χ0v) is 22.8. The highest BCUT2D eigenvalue weighted by atomic mass is 16.5.